The second-order valence-corrected chi connectivity index (χ2v) is 4.80. The first-order valence-electron chi connectivity index (χ1n) is 6.16. The number of nitrogens with zero attached hydrogens (tertiary/aromatic N) is 1. The van der Waals surface area contributed by atoms with Gasteiger partial charge >= 0.3 is 0 Å². The lowest BCUT2D eigenvalue weighted by molar-refractivity contribution is 0.672. The van der Waals surface area contributed by atoms with E-state index >= 15 is 0 Å². The van der Waals surface area contributed by atoms with E-state index in [9.17, 15) is 0 Å². The fourth-order valence-corrected chi connectivity index (χ4v) is 1.95. The summed E-state index contributed by atoms with van der Waals surface area (Å²) < 4.78 is 0. The smallest absolute Gasteiger partial charge is 0.0924 e. The van der Waals surface area contributed by atoms with Crippen molar-refractivity contribution in [3.05, 3.63) is 41.6 Å². The second-order valence-electron chi connectivity index (χ2n) is 4.80. The number of rotatable bonds is 4. The van der Waals surface area contributed by atoms with Gasteiger partial charge in [-0.15, -0.1) is 0 Å². The van der Waals surface area contributed by atoms with E-state index in [-0.39, 0.29) is 0 Å². The first-order chi connectivity index (χ1) is 8.31. The summed E-state index contributed by atoms with van der Waals surface area (Å²) in [6.07, 6.45) is 2.64. The lowest BCUT2D eigenvalue weighted by Crippen LogP contribution is -2.15. The van der Waals surface area contributed by atoms with Crippen LogP contribution in [0.1, 0.15) is 24.1 Å². The molecule has 88 valence electrons. The number of aryl methyl sites for hydroxylation is 1. The van der Waals surface area contributed by atoms with Gasteiger partial charge < -0.3 is 5.32 Å². The van der Waals surface area contributed by atoms with Gasteiger partial charge in [-0.1, -0.05) is 23.8 Å². The molecule has 1 saturated carbocycles. The second kappa shape index (κ2) is 4.34. The molecule has 3 heteroatoms. The molecule has 0 unspecified atom stereocenters. The lowest BCUT2D eigenvalue weighted by atomic mass is 10.1. The third kappa shape index (κ3) is 2.56. The van der Waals surface area contributed by atoms with Crippen LogP contribution in [0.3, 0.4) is 0 Å². The quantitative estimate of drug-likeness (QED) is 0.843. The van der Waals surface area contributed by atoms with E-state index in [1.165, 1.54) is 24.0 Å². The molecule has 2 N–H and O–H groups in total. The molecule has 1 aromatic carbocycles. The maximum Gasteiger partial charge on any atom is 0.0924 e. The molecule has 0 radical (unpaired) electrons. The fraction of sp³-hybridized carbons (Fsp3) is 0.357. The molecule has 0 aliphatic heterocycles. The third-order valence-electron chi connectivity index (χ3n) is 3.10. The van der Waals surface area contributed by atoms with Crippen molar-refractivity contribution in [2.24, 2.45) is 0 Å². The predicted octanol–water partition coefficient (Wildman–Crippen LogP) is 2.64. The molecular weight excluding hydrogens is 210 g/mol. The zero-order chi connectivity index (χ0) is 11.7. The number of H-pyrrole nitrogens is 1. The van der Waals surface area contributed by atoms with Crippen molar-refractivity contribution < 1.29 is 0 Å². The summed E-state index contributed by atoms with van der Waals surface area (Å²) in [5, 5.41) is 10.9. The van der Waals surface area contributed by atoms with Crippen molar-refractivity contribution in [3.63, 3.8) is 0 Å². The molecule has 0 saturated heterocycles. The average Bonchev–Trinajstić information content (AvgIpc) is 3.04. The van der Waals surface area contributed by atoms with Gasteiger partial charge in [-0.25, -0.2) is 0 Å². The average molecular weight is 227 g/mol. The van der Waals surface area contributed by atoms with Crippen LogP contribution in [-0.4, -0.2) is 16.2 Å². The van der Waals surface area contributed by atoms with E-state index in [1.54, 1.807) is 0 Å². The molecule has 1 aliphatic carbocycles. The molecule has 17 heavy (non-hydrogen) atoms. The van der Waals surface area contributed by atoms with Crippen molar-refractivity contribution in [3.8, 4) is 11.3 Å². The molecule has 1 heterocycles. The van der Waals surface area contributed by atoms with Gasteiger partial charge in [0.1, 0.15) is 0 Å². The van der Waals surface area contributed by atoms with E-state index in [4.69, 9.17) is 0 Å². The van der Waals surface area contributed by atoms with E-state index in [1.807, 2.05) is 0 Å². The molecule has 1 aromatic heterocycles. The van der Waals surface area contributed by atoms with Crippen molar-refractivity contribution in [2.45, 2.75) is 32.4 Å². The Morgan fingerprint density at radius 2 is 2.24 bits per heavy atom. The minimum absolute atomic E-state index is 0.737. The number of hydrogen-bond donors (Lipinski definition) is 2. The monoisotopic (exact) mass is 227 g/mol. The summed E-state index contributed by atoms with van der Waals surface area (Å²) >= 11 is 0. The minimum Gasteiger partial charge on any atom is -0.308 e. The molecule has 1 aliphatic rings. The van der Waals surface area contributed by atoms with Crippen LogP contribution in [0, 0.1) is 6.92 Å². The van der Waals surface area contributed by atoms with Gasteiger partial charge in [0.25, 0.3) is 0 Å². The summed E-state index contributed by atoms with van der Waals surface area (Å²) in [5.41, 5.74) is 4.64. The van der Waals surface area contributed by atoms with Crippen molar-refractivity contribution in [1.29, 1.82) is 0 Å². The van der Waals surface area contributed by atoms with Gasteiger partial charge in [-0.05, 0) is 31.9 Å². The Kier molecular flexibility index (Phi) is 2.69. The van der Waals surface area contributed by atoms with Crippen LogP contribution in [0.15, 0.2) is 30.3 Å². The standard InChI is InChI=1S/C14H17N3/c1-10-3-2-4-11(7-10)14-8-13(16-17-14)9-15-12-5-6-12/h2-4,7-8,12,15H,5-6,9H2,1H3,(H,16,17). The number of benzene rings is 1. The SMILES string of the molecule is Cc1cccc(-c2cc(CNC3CC3)[nH]n2)c1. The molecule has 2 aromatic rings. The summed E-state index contributed by atoms with van der Waals surface area (Å²) in [6.45, 7) is 3.00. The van der Waals surface area contributed by atoms with Gasteiger partial charge in [0.15, 0.2) is 0 Å². The van der Waals surface area contributed by atoms with Crippen LogP contribution in [-0.2, 0) is 6.54 Å². The van der Waals surface area contributed by atoms with Crippen LogP contribution in [0.4, 0.5) is 0 Å². The highest BCUT2D eigenvalue weighted by Gasteiger charge is 2.20. The van der Waals surface area contributed by atoms with Crippen LogP contribution in [0.5, 0.6) is 0 Å². The first-order valence-corrected chi connectivity index (χ1v) is 6.16. The number of aromatic nitrogens is 2. The highest BCUT2D eigenvalue weighted by atomic mass is 15.1. The first kappa shape index (κ1) is 10.5. The number of aromatic amines is 1. The van der Waals surface area contributed by atoms with Crippen molar-refractivity contribution in [1.82, 2.24) is 15.5 Å². The van der Waals surface area contributed by atoms with Gasteiger partial charge in [-0.2, -0.15) is 5.10 Å². The zero-order valence-corrected chi connectivity index (χ0v) is 10.0. The maximum atomic E-state index is 4.36. The molecule has 3 nitrogen and oxygen atoms in total. The fourth-order valence-electron chi connectivity index (χ4n) is 1.95. The molecule has 0 bridgehead atoms. The van der Waals surface area contributed by atoms with E-state index in [0.29, 0.717) is 0 Å². The van der Waals surface area contributed by atoms with E-state index in [0.717, 1.165) is 24.0 Å². The van der Waals surface area contributed by atoms with Crippen LogP contribution in [0.2, 0.25) is 0 Å². The topological polar surface area (TPSA) is 40.7 Å². The van der Waals surface area contributed by atoms with Crippen molar-refractivity contribution >= 4 is 0 Å². The van der Waals surface area contributed by atoms with Crippen molar-refractivity contribution in [2.75, 3.05) is 0 Å². The number of hydrogen-bond acceptors (Lipinski definition) is 2. The molecule has 1 fully saturated rings. The Morgan fingerprint density at radius 3 is 3.00 bits per heavy atom. The van der Waals surface area contributed by atoms with E-state index < -0.39 is 0 Å². The highest BCUT2D eigenvalue weighted by Crippen LogP contribution is 2.21. The van der Waals surface area contributed by atoms with Gasteiger partial charge in [0.05, 0.1) is 5.69 Å². The zero-order valence-electron chi connectivity index (χ0n) is 10.0. The summed E-state index contributed by atoms with van der Waals surface area (Å²) in [7, 11) is 0. The molecule has 0 spiro atoms. The maximum absolute atomic E-state index is 4.36. The molecular formula is C14H17N3. The molecule has 3 rings (SSSR count). The third-order valence-corrected chi connectivity index (χ3v) is 3.10. The Balaban J connectivity index is 1.74. The Labute approximate surface area is 101 Å². The van der Waals surface area contributed by atoms with Crippen LogP contribution < -0.4 is 5.32 Å². The largest absolute Gasteiger partial charge is 0.308 e. The Bertz CT molecular complexity index is 512. The van der Waals surface area contributed by atoms with Gasteiger partial charge in [0, 0.05) is 23.8 Å². The highest BCUT2D eigenvalue weighted by molar-refractivity contribution is 5.60. The number of nitrogens with one attached hydrogen (secondary N) is 2. The molecule has 0 atom stereocenters. The summed E-state index contributed by atoms with van der Waals surface area (Å²) in [6, 6.07) is 11.3. The molecule has 0 amide bonds. The summed E-state index contributed by atoms with van der Waals surface area (Å²) in [5.74, 6) is 0. The Morgan fingerprint density at radius 1 is 1.35 bits per heavy atom. The van der Waals surface area contributed by atoms with Gasteiger partial charge in [0.2, 0.25) is 0 Å². The lowest BCUT2D eigenvalue weighted by Gasteiger charge is -1.98. The summed E-state index contributed by atoms with van der Waals surface area (Å²) in [4.78, 5) is 0. The predicted molar refractivity (Wildman–Crippen MR) is 68.6 cm³/mol. The van der Waals surface area contributed by atoms with Crippen LogP contribution in [0.25, 0.3) is 11.3 Å². The normalized spacial score (nSPS) is 15.1. The Hall–Kier alpha value is -1.61. The van der Waals surface area contributed by atoms with E-state index in [2.05, 4.69) is 52.8 Å². The van der Waals surface area contributed by atoms with Crippen LogP contribution >= 0.6 is 0 Å². The van der Waals surface area contributed by atoms with Gasteiger partial charge in [-0.3, -0.25) is 5.10 Å². The minimum atomic E-state index is 0.737.